The Kier molecular flexibility index (Phi) is 9.72. The highest BCUT2D eigenvalue weighted by atomic mass is 35.5. The fraction of sp³-hybridized carbons (Fsp3) is 0.409. The number of aliphatic imine (C=N–C) groups is 1. The fourth-order valence-corrected chi connectivity index (χ4v) is 3.81. The summed E-state index contributed by atoms with van der Waals surface area (Å²) in [5.41, 5.74) is 2.98. The molecule has 0 aromatic heterocycles. The number of aliphatic carboxylic acids is 2. The third kappa shape index (κ3) is 6.40. The van der Waals surface area contributed by atoms with Gasteiger partial charge in [-0.15, -0.1) is 0 Å². The molecule has 1 heterocycles. The van der Waals surface area contributed by atoms with E-state index in [9.17, 15) is 24.3 Å². The Morgan fingerprint density at radius 1 is 1.21 bits per heavy atom. The van der Waals surface area contributed by atoms with Crippen molar-refractivity contribution in [3.05, 3.63) is 46.1 Å². The number of carbonyl (C=O) groups is 4. The van der Waals surface area contributed by atoms with Crippen molar-refractivity contribution in [2.45, 2.75) is 32.2 Å². The molecule has 0 bridgehead atoms. The van der Waals surface area contributed by atoms with E-state index in [0.29, 0.717) is 16.3 Å². The van der Waals surface area contributed by atoms with Crippen molar-refractivity contribution < 1.29 is 43.7 Å². The number of esters is 2. The number of methoxy groups -OCH3 is 1. The van der Waals surface area contributed by atoms with Crippen LogP contribution in [0.4, 0.5) is 0 Å². The van der Waals surface area contributed by atoms with Gasteiger partial charge in [-0.2, -0.15) is 5.48 Å². The Hall–Kier alpha value is -3.28. The first kappa shape index (κ1) is 27.0. The predicted molar refractivity (Wildman–Crippen MR) is 119 cm³/mol. The molecule has 3 N–H and O–H groups in total. The normalized spacial score (nSPS) is 18.6. The first-order valence-electron chi connectivity index (χ1n) is 10.2. The summed E-state index contributed by atoms with van der Waals surface area (Å²) in [7, 11) is 1.21. The lowest BCUT2D eigenvalue weighted by atomic mass is 9.75. The average molecular weight is 497 g/mol. The molecule has 11 nitrogen and oxygen atoms in total. The summed E-state index contributed by atoms with van der Waals surface area (Å²) in [6.45, 7) is 2.80. The lowest BCUT2D eigenvalue weighted by Crippen LogP contribution is -2.40. The number of carboxylic acids is 2. The zero-order valence-electron chi connectivity index (χ0n) is 18.7. The van der Waals surface area contributed by atoms with Gasteiger partial charge in [-0.05, 0) is 25.5 Å². The van der Waals surface area contributed by atoms with E-state index in [4.69, 9.17) is 31.0 Å². The van der Waals surface area contributed by atoms with Crippen LogP contribution >= 0.6 is 11.6 Å². The van der Waals surface area contributed by atoms with Crippen LogP contribution in [0.25, 0.3) is 0 Å². The van der Waals surface area contributed by atoms with Crippen LogP contribution in [-0.4, -0.2) is 66.2 Å². The summed E-state index contributed by atoms with van der Waals surface area (Å²) in [5.74, 6) is -6.11. The number of nitrogens with zero attached hydrogens (tertiary/aromatic N) is 1. The van der Waals surface area contributed by atoms with Crippen molar-refractivity contribution in [2.24, 2.45) is 10.9 Å². The maximum Gasteiger partial charge on any atom is 0.336 e. The molecule has 3 atom stereocenters. The third-order valence-corrected chi connectivity index (χ3v) is 5.36. The minimum atomic E-state index is -1.54. The molecule has 1 aromatic rings. The topological polar surface area (TPSA) is 161 Å². The standard InChI is InChI=1S/C22H25ClN2O9/c1-4-33-22(31)19-15(10-34-25-14(20(28)29)9-16(26)27)24-11(2)17(21(30)32-3)18(19)12-7-5-6-8-13(12)23/h5-8,14,17-18,25H,4,9-10H2,1-3H3,(H,26,27)(H,28,29). The number of hydrogen-bond acceptors (Lipinski definition) is 9. The monoisotopic (exact) mass is 496 g/mol. The first-order valence-corrected chi connectivity index (χ1v) is 10.6. The molecule has 0 saturated carbocycles. The Morgan fingerprint density at radius 3 is 2.44 bits per heavy atom. The molecular formula is C22H25ClN2O9. The molecule has 2 rings (SSSR count). The molecule has 0 aliphatic carbocycles. The van der Waals surface area contributed by atoms with Gasteiger partial charge in [-0.1, -0.05) is 29.8 Å². The van der Waals surface area contributed by atoms with E-state index in [-0.39, 0.29) is 17.9 Å². The van der Waals surface area contributed by atoms with Gasteiger partial charge in [-0.3, -0.25) is 24.2 Å². The Balaban J connectivity index is 2.54. The molecule has 0 fully saturated rings. The van der Waals surface area contributed by atoms with Gasteiger partial charge >= 0.3 is 23.9 Å². The molecule has 1 aliphatic rings. The van der Waals surface area contributed by atoms with E-state index in [0.717, 1.165) is 0 Å². The lowest BCUT2D eigenvalue weighted by molar-refractivity contribution is -0.150. The van der Waals surface area contributed by atoms with Crippen LogP contribution in [-0.2, 0) is 33.5 Å². The molecule has 0 amide bonds. The number of benzene rings is 1. The quantitative estimate of drug-likeness (QED) is 0.305. The van der Waals surface area contributed by atoms with Gasteiger partial charge in [0.2, 0.25) is 0 Å². The van der Waals surface area contributed by atoms with Crippen LogP contribution in [0.5, 0.6) is 0 Å². The molecule has 0 spiro atoms. The van der Waals surface area contributed by atoms with Gasteiger partial charge in [0, 0.05) is 16.7 Å². The molecular weight excluding hydrogens is 472 g/mol. The number of carbonyl (C=O) groups excluding carboxylic acids is 2. The zero-order chi connectivity index (χ0) is 25.4. The lowest BCUT2D eigenvalue weighted by Gasteiger charge is -2.32. The molecule has 3 unspecified atom stereocenters. The highest BCUT2D eigenvalue weighted by Crippen LogP contribution is 2.42. The van der Waals surface area contributed by atoms with Gasteiger partial charge in [0.05, 0.1) is 31.4 Å². The molecule has 1 aromatic carbocycles. The van der Waals surface area contributed by atoms with Crippen molar-refractivity contribution in [3.63, 3.8) is 0 Å². The van der Waals surface area contributed by atoms with Gasteiger partial charge < -0.3 is 19.7 Å². The number of nitrogens with one attached hydrogen (secondary N) is 1. The SMILES string of the molecule is CCOC(=O)C1=C(CONC(CC(=O)O)C(=O)O)N=C(C)C(C(=O)OC)C1c1ccccc1Cl. The summed E-state index contributed by atoms with van der Waals surface area (Å²) in [6.07, 6.45) is -0.742. The Bertz CT molecular complexity index is 1020. The number of ether oxygens (including phenoxy) is 2. The van der Waals surface area contributed by atoms with Crippen molar-refractivity contribution in [3.8, 4) is 0 Å². The van der Waals surface area contributed by atoms with Crippen LogP contribution in [0.3, 0.4) is 0 Å². The smallest absolute Gasteiger partial charge is 0.336 e. The predicted octanol–water partition coefficient (Wildman–Crippen LogP) is 1.95. The van der Waals surface area contributed by atoms with Crippen molar-refractivity contribution >= 4 is 41.2 Å². The second-order valence-corrected chi connectivity index (χ2v) is 7.64. The molecule has 12 heteroatoms. The minimum Gasteiger partial charge on any atom is -0.481 e. The number of hydrogen-bond donors (Lipinski definition) is 3. The van der Waals surface area contributed by atoms with Crippen LogP contribution in [0.2, 0.25) is 5.02 Å². The van der Waals surface area contributed by atoms with E-state index < -0.39 is 54.8 Å². The maximum absolute atomic E-state index is 13.0. The fourth-order valence-electron chi connectivity index (χ4n) is 3.55. The molecule has 0 saturated heterocycles. The molecule has 0 radical (unpaired) electrons. The zero-order valence-corrected chi connectivity index (χ0v) is 19.5. The van der Waals surface area contributed by atoms with Gasteiger partial charge in [0.15, 0.2) is 0 Å². The number of halogens is 1. The first-order chi connectivity index (χ1) is 16.1. The van der Waals surface area contributed by atoms with E-state index in [1.807, 2.05) is 0 Å². The minimum absolute atomic E-state index is 0.0112. The van der Waals surface area contributed by atoms with Crippen LogP contribution < -0.4 is 5.48 Å². The largest absolute Gasteiger partial charge is 0.481 e. The molecule has 184 valence electrons. The van der Waals surface area contributed by atoms with Crippen molar-refractivity contribution in [1.29, 1.82) is 0 Å². The van der Waals surface area contributed by atoms with Gasteiger partial charge in [-0.25, -0.2) is 4.79 Å². The molecule has 1 aliphatic heterocycles. The van der Waals surface area contributed by atoms with E-state index >= 15 is 0 Å². The average Bonchev–Trinajstić information content (AvgIpc) is 2.77. The number of hydroxylamine groups is 1. The van der Waals surface area contributed by atoms with E-state index in [1.165, 1.54) is 7.11 Å². The van der Waals surface area contributed by atoms with E-state index in [1.54, 1.807) is 38.1 Å². The summed E-state index contributed by atoms with van der Waals surface area (Å²) >= 11 is 6.41. The summed E-state index contributed by atoms with van der Waals surface area (Å²) in [4.78, 5) is 57.5. The maximum atomic E-state index is 13.0. The van der Waals surface area contributed by atoms with E-state index in [2.05, 4.69) is 10.5 Å². The van der Waals surface area contributed by atoms with Crippen LogP contribution in [0, 0.1) is 5.92 Å². The summed E-state index contributed by atoms with van der Waals surface area (Å²) in [6, 6.07) is 5.11. The Morgan fingerprint density at radius 2 is 1.88 bits per heavy atom. The third-order valence-electron chi connectivity index (χ3n) is 5.02. The number of rotatable bonds is 11. The van der Waals surface area contributed by atoms with Gasteiger partial charge in [0.1, 0.15) is 18.6 Å². The van der Waals surface area contributed by atoms with Crippen molar-refractivity contribution in [2.75, 3.05) is 20.3 Å². The Labute approximate surface area is 200 Å². The second kappa shape index (κ2) is 12.3. The summed E-state index contributed by atoms with van der Waals surface area (Å²) < 4.78 is 10.2. The molecule has 34 heavy (non-hydrogen) atoms. The van der Waals surface area contributed by atoms with Crippen molar-refractivity contribution in [1.82, 2.24) is 5.48 Å². The van der Waals surface area contributed by atoms with Crippen LogP contribution in [0.1, 0.15) is 31.7 Å². The van der Waals surface area contributed by atoms with Gasteiger partial charge in [0.25, 0.3) is 0 Å². The number of carboxylic acid groups (broad SMARTS) is 2. The summed E-state index contributed by atoms with van der Waals surface area (Å²) in [5, 5.41) is 18.3. The highest BCUT2D eigenvalue weighted by molar-refractivity contribution is 6.31. The van der Waals surface area contributed by atoms with Crippen LogP contribution in [0.15, 0.2) is 40.5 Å². The highest BCUT2D eigenvalue weighted by Gasteiger charge is 2.43. The second-order valence-electron chi connectivity index (χ2n) is 7.23.